The molecule has 0 radical (unpaired) electrons. The molecule has 0 amide bonds. The summed E-state index contributed by atoms with van der Waals surface area (Å²) in [6, 6.07) is 7.98. The number of halogens is 1. The maximum atomic E-state index is 11.5. The van der Waals surface area contributed by atoms with Gasteiger partial charge in [0.25, 0.3) is 0 Å². The van der Waals surface area contributed by atoms with Crippen molar-refractivity contribution in [2.24, 2.45) is 5.92 Å². The normalized spacial score (nSPS) is 22.0. The minimum absolute atomic E-state index is 0.0581. The molecule has 0 heterocycles. The van der Waals surface area contributed by atoms with Crippen LogP contribution in [-0.4, -0.2) is 17.2 Å². The second-order valence-electron chi connectivity index (χ2n) is 4.02. The van der Waals surface area contributed by atoms with Gasteiger partial charge in [0.05, 0.1) is 12.5 Å². The second-order valence-corrected chi connectivity index (χ2v) is 4.65. The van der Waals surface area contributed by atoms with Crippen LogP contribution in [0.3, 0.4) is 0 Å². The van der Waals surface area contributed by atoms with Crippen molar-refractivity contribution >= 4 is 28.6 Å². The van der Waals surface area contributed by atoms with Gasteiger partial charge in [0.15, 0.2) is 0 Å². The highest BCUT2D eigenvalue weighted by Crippen LogP contribution is 2.48. The van der Waals surface area contributed by atoms with E-state index in [9.17, 15) is 4.79 Å². The van der Waals surface area contributed by atoms with Gasteiger partial charge in [-0.15, -0.1) is 0 Å². The molecule has 1 saturated carbocycles. The van der Waals surface area contributed by atoms with Crippen LogP contribution in [-0.2, 0) is 9.53 Å². The SMILES string of the molecule is CCOc1ccc(C2CC2C(=O)OCI)cc1. The van der Waals surface area contributed by atoms with Crippen molar-refractivity contribution in [3.05, 3.63) is 29.8 Å². The minimum Gasteiger partial charge on any atom is -0.494 e. The Morgan fingerprint density at radius 3 is 2.71 bits per heavy atom. The van der Waals surface area contributed by atoms with Crippen LogP contribution in [0.1, 0.15) is 24.8 Å². The van der Waals surface area contributed by atoms with Gasteiger partial charge in [0, 0.05) is 0 Å². The van der Waals surface area contributed by atoms with Gasteiger partial charge in [-0.2, -0.15) is 0 Å². The van der Waals surface area contributed by atoms with Crippen molar-refractivity contribution in [2.75, 3.05) is 11.2 Å². The number of alkyl halides is 1. The third kappa shape index (κ3) is 3.12. The summed E-state index contributed by atoms with van der Waals surface area (Å²) in [5.41, 5.74) is 1.20. The summed E-state index contributed by atoms with van der Waals surface area (Å²) in [7, 11) is 0. The molecule has 3 nitrogen and oxygen atoms in total. The van der Waals surface area contributed by atoms with Crippen LogP contribution in [0.5, 0.6) is 5.75 Å². The number of hydrogen-bond acceptors (Lipinski definition) is 3. The highest BCUT2D eigenvalue weighted by atomic mass is 127. The fourth-order valence-electron chi connectivity index (χ4n) is 1.96. The summed E-state index contributed by atoms with van der Waals surface area (Å²) in [6.07, 6.45) is 0.906. The lowest BCUT2D eigenvalue weighted by molar-refractivity contribution is -0.142. The van der Waals surface area contributed by atoms with E-state index in [0.717, 1.165) is 12.2 Å². The van der Waals surface area contributed by atoms with E-state index in [1.165, 1.54) is 5.56 Å². The zero-order valence-corrected chi connectivity index (χ0v) is 11.8. The Morgan fingerprint density at radius 1 is 1.41 bits per heavy atom. The highest BCUT2D eigenvalue weighted by molar-refractivity contribution is 14.1. The third-order valence-electron chi connectivity index (χ3n) is 2.91. The first-order valence-electron chi connectivity index (χ1n) is 5.71. The molecule has 2 unspecified atom stereocenters. The molecule has 4 heteroatoms. The molecule has 0 saturated heterocycles. The fourth-order valence-corrected chi connectivity index (χ4v) is 2.27. The average molecular weight is 346 g/mol. The molecule has 92 valence electrons. The van der Waals surface area contributed by atoms with E-state index in [-0.39, 0.29) is 11.9 Å². The van der Waals surface area contributed by atoms with Gasteiger partial charge in [0.2, 0.25) is 0 Å². The number of esters is 1. The van der Waals surface area contributed by atoms with E-state index in [0.29, 0.717) is 17.1 Å². The molecule has 1 aliphatic rings. The molecule has 1 aromatic carbocycles. The zero-order valence-electron chi connectivity index (χ0n) is 9.69. The molecule has 0 aliphatic heterocycles. The largest absolute Gasteiger partial charge is 0.494 e. The molecule has 0 N–H and O–H groups in total. The molecule has 2 rings (SSSR count). The van der Waals surface area contributed by atoms with Gasteiger partial charge in [-0.05, 0) is 59.5 Å². The highest BCUT2D eigenvalue weighted by Gasteiger charge is 2.45. The van der Waals surface area contributed by atoms with E-state index in [1.807, 2.05) is 53.8 Å². The van der Waals surface area contributed by atoms with E-state index in [2.05, 4.69) is 0 Å². The number of ether oxygens (including phenoxy) is 2. The van der Waals surface area contributed by atoms with Crippen LogP contribution in [0.25, 0.3) is 0 Å². The van der Waals surface area contributed by atoms with Crippen molar-refractivity contribution in [3.8, 4) is 5.75 Å². The monoisotopic (exact) mass is 346 g/mol. The van der Waals surface area contributed by atoms with E-state index in [4.69, 9.17) is 9.47 Å². The Hall–Kier alpha value is -0.780. The lowest BCUT2D eigenvalue weighted by Crippen LogP contribution is -2.06. The number of benzene rings is 1. The smallest absolute Gasteiger partial charge is 0.310 e. The Balaban J connectivity index is 1.94. The molecule has 0 aromatic heterocycles. The molecule has 0 bridgehead atoms. The molecular weight excluding hydrogens is 331 g/mol. The zero-order chi connectivity index (χ0) is 12.3. The number of rotatable bonds is 5. The van der Waals surface area contributed by atoms with Gasteiger partial charge < -0.3 is 9.47 Å². The van der Waals surface area contributed by atoms with Crippen LogP contribution in [0, 0.1) is 5.92 Å². The van der Waals surface area contributed by atoms with Crippen LogP contribution < -0.4 is 4.74 Å². The lowest BCUT2D eigenvalue weighted by atomic mass is 10.1. The molecule has 2 atom stereocenters. The predicted octanol–water partition coefficient (Wildman–Crippen LogP) is 3.12. The van der Waals surface area contributed by atoms with Crippen molar-refractivity contribution in [3.63, 3.8) is 0 Å². The number of carbonyl (C=O) groups is 1. The van der Waals surface area contributed by atoms with Crippen LogP contribution in [0.2, 0.25) is 0 Å². The van der Waals surface area contributed by atoms with Gasteiger partial charge in [-0.3, -0.25) is 4.79 Å². The fraction of sp³-hybridized carbons (Fsp3) is 0.462. The number of carbonyl (C=O) groups excluding carboxylic acids is 1. The quantitative estimate of drug-likeness (QED) is 0.467. The molecular formula is C13H15IO3. The Morgan fingerprint density at radius 2 is 2.12 bits per heavy atom. The average Bonchev–Trinajstić information content (AvgIpc) is 3.11. The maximum Gasteiger partial charge on any atom is 0.310 e. The van der Waals surface area contributed by atoms with Crippen LogP contribution in [0.15, 0.2) is 24.3 Å². The summed E-state index contributed by atoms with van der Waals surface area (Å²) in [5, 5.41) is 0. The van der Waals surface area contributed by atoms with Gasteiger partial charge >= 0.3 is 5.97 Å². The molecule has 1 aromatic rings. The van der Waals surface area contributed by atoms with Gasteiger partial charge in [0.1, 0.15) is 10.4 Å². The van der Waals surface area contributed by atoms with Gasteiger partial charge in [-0.1, -0.05) is 12.1 Å². The lowest BCUT2D eigenvalue weighted by Gasteiger charge is -2.04. The Labute approximate surface area is 115 Å². The summed E-state index contributed by atoms with van der Waals surface area (Å²) in [4.78, 5) is 11.5. The van der Waals surface area contributed by atoms with Crippen molar-refractivity contribution < 1.29 is 14.3 Å². The van der Waals surface area contributed by atoms with Crippen molar-refractivity contribution in [2.45, 2.75) is 19.3 Å². The predicted molar refractivity (Wildman–Crippen MR) is 73.4 cm³/mol. The topological polar surface area (TPSA) is 35.5 Å². The molecule has 1 aliphatic carbocycles. The van der Waals surface area contributed by atoms with Crippen molar-refractivity contribution in [1.29, 1.82) is 0 Å². The van der Waals surface area contributed by atoms with Crippen LogP contribution >= 0.6 is 22.6 Å². The minimum atomic E-state index is -0.0710. The van der Waals surface area contributed by atoms with Crippen LogP contribution in [0.4, 0.5) is 0 Å². The third-order valence-corrected chi connectivity index (χ3v) is 3.22. The van der Waals surface area contributed by atoms with E-state index in [1.54, 1.807) is 0 Å². The van der Waals surface area contributed by atoms with Gasteiger partial charge in [-0.25, -0.2) is 0 Å². The maximum absolute atomic E-state index is 11.5. The second kappa shape index (κ2) is 5.71. The summed E-state index contributed by atoms with van der Waals surface area (Å²) < 4.78 is 10.8. The Bertz CT molecular complexity index is 388. The van der Waals surface area contributed by atoms with Crippen molar-refractivity contribution in [1.82, 2.24) is 0 Å². The first-order chi connectivity index (χ1) is 8.26. The molecule has 17 heavy (non-hydrogen) atoms. The summed E-state index contributed by atoms with van der Waals surface area (Å²) in [5.74, 6) is 1.20. The molecule has 0 spiro atoms. The first-order valence-corrected chi connectivity index (χ1v) is 7.24. The van der Waals surface area contributed by atoms with E-state index < -0.39 is 0 Å². The molecule has 1 fully saturated rings. The summed E-state index contributed by atoms with van der Waals surface area (Å²) >= 11 is 2.04. The first kappa shape index (κ1) is 12.7. The summed E-state index contributed by atoms with van der Waals surface area (Å²) in [6.45, 7) is 2.64. The standard InChI is InChI=1S/C13H15IO3/c1-2-16-10-5-3-9(4-6-10)11-7-12(11)13(15)17-8-14/h3-6,11-12H,2,7-8H2,1H3. The Kier molecular flexibility index (Phi) is 4.25. The number of hydrogen-bond donors (Lipinski definition) is 0. The van der Waals surface area contributed by atoms with E-state index >= 15 is 0 Å².